The zero-order valence-corrected chi connectivity index (χ0v) is 9.27. The molecule has 0 aliphatic carbocycles. The Morgan fingerprint density at radius 3 is 2.20 bits per heavy atom. The molecular weight excluding hydrogens is 200 g/mol. The van der Waals surface area contributed by atoms with E-state index in [1.807, 2.05) is 0 Å². The molecule has 0 unspecified atom stereocenters. The van der Waals surface area contributed by atoms with Crippen molar-refractivity contribution in [2.24, 2.45) is 11.8 Å². The molecule has 1 aliphatic heterocycles. The van der Waals surface area contributed by atoms with E-state index in [4.69, 9.17) is 9.84 Å². The summed E-state index contributed by atoms with van der Waals surface area (Å²) < 4.78 is 4.98. The number of aliphatic carboxylic acids is 1. The van der Waals surface area contributed by atoms with Gasteiger partial charge in [0.25, 0.3) is 0 Å². The van der Waals surface area contributed by atoms with E-state index in [9.17, 15) is 14.7 Å². The van der Waals surface area contributed by atoms with E-state index in [-0.39, 0.29) is 0 Å². The van der Waals surface area contributed by atoms with Gasteiger partial charge in [0, 0.05) is 0 Å². The highest BCUT2D eigenvalue weighted by Crippen LogP contribution is 2.42. The van der Waals surface area contributed by atoms with Gasteiger partial charge in [0.15, 0.2) is 0 Å². The monoisotopic (exact) mass is 216 g/mol. The van der Waals surface area contributed by atoms with E-state index >= 15 is 0 Å². The molecule has 0 aromatic carbocycles. The van der Waals surface area contributed by atoms with Gasteiger partial charge >= 0.3 is 11.9 Å². The Morgan fingerprint density at radius 1 is 1.47 bits per heavy atom. The Balaban J connectivity index is 3.15. The van der Waals surface area contributed by atoms with Crippen molar-refractivity contribution in [3.8, 4) is 0 Å². The fourth-order valence-electron chi connectivity index (χ4n) is 2.06. The molecular formula is C10H16O5. The van der Waals surface area contributed by atoms with Gasteiger partial charge < -0.3 is 14.9 Å². The van der Waals surface area contributed by atoms with Gasteiger partial charge in [0.1, 0.15) is 17.4 Å². The van der Waals surface area contributed by atoms with E-state index < -0.39 is 35.0 Å². The number of esters is 1. The van der Waals surface area contributed by atoms with Crippen LogP contribution in [-0.2, 0) is 14.3 Å². The number of carbonyl (C=O) groups excluding carboxylic acids is 1. The molecule has 86 valence electrons. The molecule has 5 heteroatoms. The molecule has 1 aliphatic rings. The SMILES string of the molecule is CC(C)(O)[C@@H]1C(=O)OC(C)(C)[C@H]1C(=O)O. The van der Waals surface area contributed by atoms with E-state index in [0.717, 1.165) is 0 Å². The Kier molecular flexibility index (Phi) is 2.55. The van der Waals surface area contributed by atoms with Crippen LogP contribution in [0, 0.1) is 11.8 Å². The lowest BCUT2D eigenvalue weighted by molar-refractivity contribution is -0.152. The first-order valence-electron chi connectivity index (χ1n) is 4.75. The number of carboxylic acid groups (broad SMARTS) is 1. The van der Waals surface area contributed by atoms with Crippen molar-refractivity contribution in [2.75, 3.05) is 0 Å². The molecule has 1 rings (SSSR count). The summed E-state index contributed by atoms with van der Waals surface area (Å²) in [6.07, 6.45) is 0. The van der Waals surface area contributed by atoms with Crippen LogP contribution in [0.25, 0.3) is 0 Å². The summed E-state index contributed by atoms with van der Waals surface area (Å²) in [5.74, 6) is -3.83. The lowest BCUT2D eigenvalue weighted by Crippen LogP contribution is -2.44. The minimum absolute atomic E-state index is 0.653. The Morgan fingerprint density at radius 2 is 1.93 bits per heavy atom. The molecule has 1 heterocycles. The second-order valence-corrected chi connectivity index (χ2v) is 4.97. The molecule has 2 atom stereocenters. The van der Waals surface area contributed by atoms with Gasteiger partial charge in [-0.15, -0.1) is 0 Å². The van der Waals surface area contributed by atoms with E-state index in [1.54, 1.807) is 0 Å². The fraction of sp³-hybridized carbons (Fsp3) is 0.800. The molecule has 15 heavy (non-hydrogen) atoms. The van der Waals surface area contributed by atoms with Gasteiger partial charge in [-0.25, -0.2) is 0 Å². The molecule has 0 aromatic rings. The second kappa shape index (κ2) is 3.20. The predicted octanol–water partition coefficient (Wildman–Crippen LogP) is 0.410. The Bertz CT molecular complexity index is 299. The van der Waals surface area contributed by atoms with Gasteiger partial charge in [0.05, 0.1) is 5.60 Å². The van der Waals surface area contributed by atoms with Crippen LogP contribution in [-0.4, -0.2) is 33.4 Å². The van der Waals surface area contributed by atoms with E-state index in [1.165, 1.54) is 27.7 Å². The number of cyclic esters (lactones) is 1. The zero-order chi connectivity index (χ0) is 12.0. The maximum absolute atomic E-state index is 11.5. The molecule has 0 aromatic heterocycles. The van der Waals surface area contributed by atoms with Crippen molar-refractivity contribution in [3.05, 3.63) is 0 Å². The molecule has 0 bridgehead atoms. The highest BCUT2D eigenvalue weighted by Gasteiger charge is 2.58. The highest BCUT2D eigenvalue weighted by atomic mass is 16.6. The smallest absolute Gasteiger partial charge is 0.313 e. The van der Waals surface area contributed by atoms with Gasteiger partial charge in [-0.2, -0.15) is 0 Å². The summed E-state index contributed by atoms with van der Waals surface area (Å²) in [6.45, 7) is 5.90. The molecule has 5 nitrogen and oxygen atoms in total. The number of ether oxygens (including phenoxy) is 1. The van der Waals surface area contributed by atoms with Gasteiger partial charge in [0.2, 0.25) is 0 Å². The molecule has 1 fully saturated rings. The van der Waals surface area contributed by atoms with Crippen molar-refractivity contribution < 1.29 is 24.5 Å². The van der Waals surface area contributed by atoms with Crippen molar-refractivity contribution in [3.63, 3.8) is 0 Å². The summed E-state index contributed by atoms with van der Waals surface area (Å²) in [5.41, 5.74) is -2.47. The van der Waals surface area contributed by atoms with Crippen LogP contribution in [0.3, 0.4) is 0 Å². The third-order valence-electron chi connectivity index (χ3n) is 2.73. The summed E-state index contributed by atoms with van der Waals surface area (Å²) in [7, 11) is 0. The first kappa shape index (κ1) is 12.0. The highest BCUT2D eigenvalue weighted by molar-refractivity contribution is 5.86. The van der Waals surface area contributed by atoms with Crippen LogP contribution in [0.15, 0.2) is 0 Å². The zero-order valence-electron chi connectivity index (χ0n) is 9.27. The maximum Gasteiger partial charge on any atom is 0.313 e. The standard InChI is InChI=1S/C10H16O5/c1-9(2,14)6-5(7(11)12)10(3,4)15-8(6)13/h5-6,14H,1-4H3,(H,11,12)/t5-,6+/m1/s1. The minimum atomic E-state index is -1.39. The average molecular weight is 216 g/mol. The summed E-state index contributed by atoms with van der Waals surface area (Å²) in [5, 5.41) is 18.8. The number of aliphatic hydroxyl groups is 1. The van der Waals surface area contributed by atoms with Crippen LogP contribution in [0.2, 0.25) is 0 Å². The van der Waals surface area contributed by atoms with Crippen molar-refractivity contribution in [2.45, 2.75) is 38.9 Å². The van der Waals surface area contributed by atoms with Gasteiger partial charge in [-0.05, 0) is 27.7 Å². The van der Waals surface area contributed by atoms with Crippen LogP contribution in [0.5, 0.6) is 0 Å². The first-order chi connectivity index (χ1) is 6.57. The number of hydrogen-bond acceptors (Lipinski definition) is 4. The van der Waals surface area contributed by atoms with Crippen LogP contribution >= 0.6 is 0 Å². The van der Waals surface area contributed by atoms with Crippen LogP contribution in [0.1, 0.15) is 27.7 Å². The summed E-state index contributed by atoms with van der Waals surface area (Å²) in [6, 6.07) is 0. The molecule has 2 N–H and O–H groups in total. The van der Waals surface area contributed by atoms with Crippen molar-refractivity contribution in [1.82, 2.24) is 0 Å². The fourth-order valence-corrected chi connectivity index (χ4v) is 2.06. The van der Waals surface area contributed by atoms with Gasteiger partial charge in [-0.3, -0.25) is 9.59 Å². The number of carboxylic acids is 1. The largest absolute Gasteiger partial charge is 0.481 e. The lowest BCUT2D eigenvalue weighted by Gasteiger charge is -2.28. The first-order valence-corrected chi connectivity index (χ1v) is 4.75. The van der Waals surface area contributed by atoms with Gasteiger partial charge in [-0.1, -0.05) is 0 Å². The Labute approximate surface area is 88.0 Å². The quantitative estimate of drug-likeness (QED) is 0.653. The van der Waals surface area contributed by atoms with Crippen molar-refractivity contribution >= 4 is 11.9 Å². The molecule has 1 saturated heterocycles. The maximum atomic E-state index is 11.5. The molecule has 0 amide bonds. The van der Waals surface area contributed by atoms with E-state index in [0.29, 0.717) is 0 Å². The summed E-state index contributed by atoms with van der Waals surface area (Å²) in [4.78, 5) is 22.6. The summed E-state index contributed by atoms with van der Waals surface area (Å²) >= 11 is 0. The second-order valence-electron chi connectivity index (χ2n) is 4.97. The number of rotatable bonds is 2. The lowest BCUT2D eigenvalue weighted by atomic mass is 9.75. The average Bonchev–Trinajstić information content (AvgIpc) is 2.17. The predicted molar refractivity (Wildman–Crippen MR) is 51.1 cm³/mol. The van der Waals surface area contributed by atoms with E-state index in [2.05, 4.69) is 0 Å². The number of hydrogen-bond donors (Lipinski definition) is 2. The third-order valence-corrected chi connectivity index (χ3v) is 2.73. The Hall–Kier alpha value is -1.10. The minimum Gasteiger partial charge on any atom is -0.481 e. The third kappa shape index (κ3) is 1.97. The van der Waals surface area contributed by atoms with Crippen molar-refractivity contribution in [1.29, 1.82) is 0 Å². The molecule has 0 spiro atoms. The molecule has 0 radical (unpaired) electrons. The number of carbonyl (C=O) groups is 2. The molecule has 0 saturated carbocycles. The topological polar surface area (TPSA) is 83.8 Å². The van der Waals surface area contributed by atoms with Crippen LogP contribution in [0.4, 0.5) is 0 Å². The normalized spacial score (nSPS) is 30.1. The van der Waals surface area contributed by atoms with Crippen LogP contribution < -0.4 is 0 Å².